The minimum Gasteiger partial charge on any atom is -0.501 e. The SMILES string of the molecule is COC1=CC2=NC([S@@](=O)Cc3ncc(C)c(OC)c3C)=NC2=CC1. The van der Waals surface area contributed by atoms with Gasteiger partial charge in [-0.1, -0.05) is 0 Å². The summed E-state index contributed by atoms with van der Waals surface area (Å²) in [6, 6.07) is 0. The quantitative estimate of drug-likeness (QED) is 0.841. The summed E-state index contributed by atoms with van der Waals surface area (Å²) in [6.07, 6.45) is 6.17. The van der Waals surface area contributed by atoms with Crippen molar-refractivity contribution in [3.05, 3.63) is 46.6 Å². The summed E-state index contributed by atoms with van der Waals surface area (Å²) < 4.78 is 23.3. The number of ether oxygens (including phenoxy) is 2. The lowest BCUT2D eigenvalue weighted by molar-refractivity contribution is 0.285. The fourth-order valence-electron chi connectivity index (χ4n) is 2.66. The summed E-state index contributed by atoms with van der Waals surface area (Å²) in [5.41, 5.74) is 4.04. The van der Waals surface area contributed by atoms with Gasteiger partial charge in [-0.05, 0) is 19.9 Å². The molecule has 0 radical (unpaired) electrons. The highest BCUT2D eigenvalue weighted by Gasteiger charge is 2.23. The number of hydrogen-bond donors (Lipinski definition) is 0. The number of hydrogen-bond acceptors (Lipinski definition) is 6. The Balaban J connectivity index is 1.83. The van der Waals surface area contributed by atoms with Gasteiger partial charge in [0.2, 0.25) is 5.17 Å². The number of methoxy groups -OCH3 is 2. The highest BCUT2D eigenvalue weighted by Crippen LogP contribution is 2.26. The Morgan fingerprint density at radius 1 is 1.21 bits per heavy atom. The van der Waals surface area contributed by atoms with Crippen molar-refractivity contribution in [2.24, 2.45) is 9.98 Å². The first-order chi connectivity index (χ1) is 11.5. The van der Waals surface area contributed by atoms with Crippen molar-refractivity contribution in [1.29, 1.82) is 0 Å². The van der Waals surface area contributed by atoms with Crippen LogP contribution in [0, 0.1) is 13.8 Å². The van der Waals surface area contributed by atoms with E-state index in [0.717, 1.165) is 34.0 Å². The maximum Gasteiger partial charge on any atom is 0.220 e. The summed E-state index contributed by atoms with van der Waals surface area (Å²) in [7, 11) is 1.88. The van der Waals surface area contributed by atoms with Gasteiger partial charge in [-0.15, -0.1) is 0 Å². The van der Waals surface area contributed by atoms with E-state index in [0.29, 0.717) is 17.3 Å². The minimum atomic E-state index is -1.37. The molecule has 2 aliphatic rings. The van der Waals surface area contributed by atoms with E-state index in [1.54, 1.807) is 20.4 Å². The zero-order valence-electron chi connectivity index (χ0n) is 14.1. The lowest BCUT2D eigenvalue weighted by atomic mass is 10.1. The molecule has 1 aromatic rings. The van der Waals surface area contributed by atoms with Crippen LogP contribution >= 0.6 is 0 Å². The van der Waals surface area contributed by atoms with Crippen molar-refractivity contribution in [2.45, 2.75) is 26.0 Å². The molecule has 1 atom stereocenters. The fraction of sp³-hybridized carbons (Fsp3) is 0.353. The molecular formula is C17H19N3O3S. The number of allylic oxidation sites excluding steroid dienone is 2. The van der Waals surface area contributed by atoms with Gasteiger partial charge in [0, 0.05) is 29.8 Å². The topological polar surface area (TPSA) is 73.1 Å². The van der Waals surface area contributed by atoms with Crippen molar-refractivity contribution >= 4 is 21.7 Å². The van der Waals surface area contributed by atoms with Crippen molar-refractivity contribution < 1.29 is 13.7 Å². The number of aryl methyl sites for hydroxylation is 1. The van der Waals surface area contributed by atoms with Crippen molar-refractivity contribution in [1.82, 2.24) is 4.98 Å². The van der Waals surface area contributed by atoms with E-state index in [1.165, 1.54) is 0 Å². The second kappa shape index (κ2) is 6.68. The van der Waals surface area contributed by atoms with Crippen LogP contribution in [-0.4, -0.2) is 34.3 Å². The molecule has 3 rings (SSSR count). The zero-order chi connectivity index (χ0) is 17.3. The molecule has 2 heterocycles. The van der Waals surface area contributed by atoms with Gasteiger partial charge < -0.3 is 9.47 Å². The maximum absolute atomic E-state index is 12.7. The van der Waals surface area contributed by atoms with Crippen molar-refractivity contribution in [3.63, 3.8) is 0 Å². The van der Waals surface area contributed by atoms with Gasteiger partial charge in [-0.2, -0.15) is 0 Å². The van der Waals surface area contributed by atoms with Gasteiger partial charge in [0.05, 0.1) is 47.9 Å². The Morgan fingerprint density at radius 3 is 2.71 bits per heavy atom. The first-order valence-corrected chi connectivity index (χ1v) is 8.85. The van der Waals surface area contributed by atoms with Gasteiger partial charge in [-0.25, -0.2) is 9.98 Å². The number of nitrogens with zero attached hydrogens (tertiary/aromatic N) is 3. The van der Waals surface area contributed by atoms with Gasteiger partial charge in [0.15, 0.2) is 0 Å². The van der Waals surface area contributed by atoms with E-state index < -0.39 is 10.8 Å². The summed E-state index contributed by atoms with van der Waals surface area (Å²) in [4.78, 5) is 13.1. The van der Waals surface area contributed by atoms with E-state index in [9.17, 15) is 4.21 Å². The Labute approximate surface area is 143 Å². The van der Waals surface area contributed by atoms with E-state index in [-0.39, 0.29) is 5.75 Å². The molecule has 0 amide bonds. The highest BCUT2D eigenvalue weighted by atomic mass is 32.2. The van der Waals surface area contributed by atoms with E-state index in [4.69, 9.17) is 9.47 Å². The van der Waals surface area contributed by atoms with Crippen LogP contribution in [0.2, 0.25) is 0 Å². The van der Waals surface area contributed by atoms with Crippen molar-refractivity contribution in [2.75, 3.05) is 14.2 Å². The van der Waals surface area contributed by atoms with E-state index in [2.05, 4.69) is 15.0 Å². The Bertz CT molecular complexity index is 838. The molecular weight excluding hydrogens is 326 g/mol. The van der Waals surface area contributed by atoms with Crippen LogP contribution in [0.1, 0.15) is 23.2 Å². The van der Waals surface area contributed by atoms with E-state index in [1.807, 2.05) is 26.0 Å². The van der Waals surface area contributed by atoms with Crippen LogP contribution in [0.3, 0.4) is 0 Å². The van der Waals surface area contributed by atoms with Crippen LogP contribution in [0.25, 0.3) is 0 Å². The van der Waals surface area contributed by atoms with Gasteiger partial charge in [0.1, 0.15) is 11.5 Å². The highest BCUT2D eigenvalue weighted by molar-refractivity contribution is 7.99. The standard InChI is InChI=1S/C17H19N3O3S/c1-10-8-18-15(11(2)16(10)23-4)9-24(21)17-19-13-6-5-12(22-3)7-14(13)20-17/h6-8H,5,9H2,1-4H3/t24-/m0/s1. The molecule has 126 valence electrons. The van der Waals surface area contributed by atoms with Crippen LogP contribution in [0.5, 0.6) is 5.75 Å². The lowest BCUT2D eigenvalue weighted by Gasteiger charge is -2.11. The zero-order valence-corrected chi connectivity index (χ0v) is 14.9. The third kappa shape index (κ3) is 3.03. The summed E-state index contributed by atoms with van der Waals surface area (Å²) >= 11 is 0. The summed E-state index contributed by atoms with van der Waals surface area (Å²) in [6.45, 7) is 3.85. The first kappa shape index (κ1) is 16.6. The third-order valence-corrected chi connectivity index (χ3v) is 5.10. The monoisotopic (exact) mass is 345 g/mol. The molecule has 0 bridgehead atoms. The molecule has 0 spiro atoms. The molecule has 6 nitrogen and oxygen atoms in total. The predicted molar refractivity (Wildman–Crippen MR) is 94.8 cm³/mol. The molecule has 24 heavy (non-hydrogen) atoms. The fourth-order valence-corrected chi connectivity index (χ4v) is 3.73. The Morgan fingerprint density at radius 2 is 2.00 bits per heavy atom. The smallest absolute Gasteiger partial charge is 0.220 e. The molecule has 1 aliphatic heterocycles. The number of pyridine rings is 1. The van der Waals surface area contributed by atoms with Crippen LogP contribution in [0.15, 0.2) is 39.8 Å². The maximum atomic E-state index is 12.7. The molecule has 1 aliphatic carbocycles. The molecule has 7 heteroatoms. The minimum absolute atomic E-state index is 0.256. The molecule has 0 N–H and O–H groups in total. The van der Waals surface area contributed by atoms with Crippen molar-refractivity contribution in [3.8, 4) is 5.75 Å². The van der Waals surface area contributed by atoms with Crippen LogP contribution in [0.4, 0.5) is 0 Å². The molecule has 0 aromatic carbocycles. The Kier molecular flexibility index (Phi) is 4.62. The molecule has 1 aromatic heterocycles. The number of aliphatic imine (C=N–C) groups is 2. The number of rotatable bonds is 4. The average molecular weight is 345 g/mol. The molecule has 0 fully saturated rings. The predicted octanol–water partition coefficient (Wildman–Crippen LogP) is 2.58. The second-order valence-electron chi connectivity index (χ2n) is 5.54. The molecule has 0 saturated carbocycles. The number of fused-ring (bicyclic) bond motifs is 1. The third-order valence-electron chi connectivity index (χ3n) is 3.97. The summed E-state index contributed by atoms with van der Waals surface area (Å²) in [5, 5.41) is 0.325. The van der Waals surface area contributed by atoms with E-state index >= 15 is 0 Å². The van der Waals surface area contributed by atoms with Crippen LogP contribution < -0.4 is 4.74 Å². The Hall–Kier alpha value is -2.28. The summed E-state index contributed by atoms with van der Waals surface area (Å²) in [5.74, 6) is 1.85. The molecule has 0 saturated heterocycles. The van der Waals surface area contributed by atoms with Gasteiger partial charge >= 0.3 is 0 Å². The van der Waals surface area contributed by atoms with Gasteiger partial charge in [-0.3, -0.25) is 9.19 Å². The normalized spacial score (nSPS) is 17.3. The first-order valence-electron chi connectivity index (χ1n) is 7.53. The lowest BCUT2D eigenvalue weighted by Crippen LogP contribution is -2.09. The second-order valence-corrected chi connectivity index (χ2v) is 6.88. The van der Waals surface area contributed by atoms with Gasteiger partial charge in [0.25, 0.3) is 0 Å². The average Bonchev–Trinajstić information content (AvgIpc) is 3.01. The van der Waals surface area contributed by atoms with Crippen LogP contribution in [-0.2, 0) is 21.3 Å². The number of amidine groups is 1. The largest absolute Gasteiger partial charge is 0.501 e. The molecule has 0 unspecified atom stereocenters. The number of aromatic nitrogens is 1.